The molecule has 0 aromatic heterocycles. The summed E-state index contributed by atoms with van der Waals surface area (Å²) in [6, 6.07) is 9.68. The van der Waals surface area contributed by atoms with E-state index in [1.165, 1.54) is 31.2 Å². The van der Waals surface area contributed by atoms with Crippen LogP contribution >= 0.6 is 0 Å². The molecular formula is C16H21N3. The summed E-state index contributed by atoms with van der Waals surface area (Å²) in [5.41, 5.74) is 3.19. The van der Waals surface area contributed by atoms with Crippen LogP contribution in [0.3, 0.4) is 0 Å². The van der Waals surface area contributed by atoms with Crippen LogP contribution in [0, 0.1) is 18.3 Å². The van der Waals surface area contributed by atoms with E-state index in [-0.39, 0.29) is 0 Å². The van der Waals surface area contributed by atoms with Crippen LogP contribution in [0.1, 0.15) is 36.8 Å². The van der Waals surface area contributed by atoms with Crippen molar-refractivity contribution in [3.63, 3.8) is 0 Å². The number of rotatable bonds is 2. The van der Waals surface area contributed by atoms with Crippen molar-refractivity contribution in [3.8, 4) is 6.07 Å². The van der Waals surface area contributed by atoms with Gasteiger partial charge < -0.3 is 10.2 Å². The summed E-state index contributed by atoms with van der Waals surface area (Å²) in [7, 11) is 0. The van der Waals surface area contributed by atoms with Crippen LogP contribution in [0.4, 0.5) is 5.69 Å². The van der Waals surface area contributed by atoms with Gasteiger partial charge in [0.25, 0.3) is 0 Å². The fraction of sp³-hybridized carbons (Fsp3) is 0.562. The molecule has 2 atom stereocenters. The van der Waals surface area contributed by atoms with E-state index in [1.54, 1.807) is 0 Å². The molecule has 19 heavy (non-hydrogen) atoms. The highest BCUT2D eigenvalue weighted by Gasteiger charge is 2.34. The molecule has 2 fully saturated rings. The van der Waals surface area contributed by atoms with Crippen LogP contribution in [0.2, 0.25) is 0 Å². The SMILES string of the molecule is Cc1ccc(C#N)c(N2CCCC2C2CCCN2)c1. The Balaban J connectivity index is 1.92. The first kappa shape index (κ1) is 12.5. The zero-order valence-corrected chi connectivity index (χ0v) is 11.5. The molecule has 2 aliphatic rings. The minimum absolute atomic E-state index is 0.566. The molecule has 1 N–H and O–H groups in total. The number of anilines is 1. The van der Waals surface area contributed by atoms with Crippen molar-refractivity contribution in [1.29, 1.82) is 5.26 Å². The van der Waals surface area contributed by atoms with Crippen molar-refractivity contribution in [1.82, 2.24) is 5.32 Å². The summed E-state index contributed by atoms with van der Waals surface area (Å²) < 4.78 is 0. The molecule has 0 bridgehead atoms. The van der Waals surface area contributed by atoms with Gasteiger partial charge in [-0.2, -0.15) is 5.26 Å². The lowest BCUT2D eigenvalue weighted by atomic mass is 10.0. The molecule has 2 saturated heterocycles. The largest absolute Gasteiger partial charge is 0.366 e. The minimum atomic E-state index is 0.566. The third-order valence-corrected chi connectivity index (χ3v) is 4.45. The second-order valence-electron chi connectivity index (χ2n) is 5.74. The quantitative estimate of drug-likeness (QED) is 0.883. The molecule has 0 radical (unpaired) electrons. The van der Waals surface area contributed by atoms with Gasteiger partial charge in [-0.1, -0.05) is 6.07 Å². The molecule has 3 heteroatoms. The number of hydrogen-bond donors (Lipinski definition) is 1. The van der Waals surface area contributed by atoms with Gasteiger partial charge in [0.2, 0.25) is 0 Å². The average molecular weight is 255 g/mol. The maximum absolute atomic E-state index is 9.33. The standard InChI is InChI=1S/C16H21N3/c1-12-6-7-13(11-17)16(10-12)19-9-3-5-15(19)14-4-2-8-18-14/h6-7,10,14-15,18H,2-5,8-9H2,1H3. The summed E-state index contributed by atoms with van der Waals surface area (Å²) >= 11 is 0. The number of aryl methyl sites for hydroxylation is 1. The Morgan fingerprint density at radius 2 is 2.21 bits per heavy atom. The summed E-state index contributed by atoms with van der Waals surface area (Å²) in [6.07, 6.45) is 5.04. The van der Waals surface area contributed by atoms with Crippen LogP contribution in [0.25, 0.3) is 0 Å². The van der Waals surface area contributed by atoms with Crippen molar-refractivity contribution in [2.45, 2.75) is 44.7 Å². The lowest BCUT2D eigenvalue weighted by Crippen LogP contribution is -2.44. The predicted octanol–water partition coefficient (Wildman–Crippen LogP) is 2.59. The fourth-order valence-electron chi connectivity index (χ4n) is 3.52. The molecule has 2 heterocycles. The first-order chi connectivity index (χ1) is 9.29. The molecule has 0 saturated carbocycles. The fourth-order valence-corrected chi connectivity index (χ4v) is 3.52. The van der Waals surface area contributed by atoms with Crippen LogP contribution in [0.15, 0.2) is 18.2 Å². The number of hydrogen-bond acceptors (Lipinski definition) is 3. The van der Waals surface area contributed by atoms with Gasteiger partial charge in [-0.05, 0) is 56.8 Å². The third-order valence-electron chi connectivity index (χ3n) is 4.45. The van der Waals surface area contributed by atoms with Gasteiger partial charge in [0.05, 0.1) is 11.3 Å². The zero-order valence-electron chi connectivity index (χ0n) is 11.5. The van der Waals surface area contributed by atoms with Gasteiger partial charge in [0, 0.05) is 18.6 Å². The first-order valence-corrected chi connectivity index (χ1v) is 7.30. The van der Waals surface area contributed by atoms with Crippen LogP contribution in [0.5, 0.6) is 0 Å². The van der Waals surface area contributed by atoms with Gasteiger partial charge >= 0.3 is 0 Å². The van der Waals surface area contributed by atoms with E-state index in [1.807, 2.05) is 12.1 Å². The molecule has 0 amide bonds. The number of nitrogens with one attached hydrogen (secondary N) is 1. The van der Waals surface area contributed by atoms with Gasteiger partial charge in [-0.3, -0.25) is 0 Å². The summed E-state index contributed by atoms with van der Waals surface area (Å²) in [5, 5.41) is 13.0. The van der Waals surface area contributed by atoms with Crippen molar-refractivity contribution >= 4 is 5.69 Å². The molecule has 3 rings (SSSR count). The van der Waals surface area contributed by atoms with E-state index in [9.17, 15) is 5.26 Å². The van der Waals surface area contributed by atoms with Gasteiger partial charge in [0.1, 0.15) is 6.07 Å². The molecule has 0 spiro atoms. The van der Waals surface area contributed by atoms with E-state index in [4.69, 9.17) is 0 Å². The Kier molecular flexibility index (Phi) is 3.44. The number of nitriles is 1. The Morgan fingerprint density at radius 1 is 1.32 bits per heavy atom. The Bertz CT molecular complexity index is 497. The van der Waals surface area contributed by atoms with Crippen LogP contribution < -0.4 is 10.2 Å². The molecule has 0 aliphatic carbocycles. The minimum Gasteiger partial charge on any atom is -0.366 e. The van der Waals surface area contributed by atoms with Crippen LogP contribution in [-0.4, -0.2) is 25.2 Å². The summed E-state index contributed by atoms with van der Waals surface area (Å²) in [4.78, 5) is 2.47. The molecule has 2 unspecified atom stereocenters. The third kappa shape index (κ3) is 2.33. The topological polar surface area (TPSA) is 39.1 Å². The molecule has 1 aromatic rings. The van der Waals surface area contributed by atoms with E-state index < -0.39 is 0 Å². The van der Waals surface area contributed by atoms with Gasteiger partial charge in [-0.15, -0.1) is 0 Å². The molecule has 3 nitrogen and oxygen atoms in total. The predicted molar refractivity (Wildman–Crippen MR) is 77.3 cm³/mol. The smallest absolute Gasteiger partial charge is 0.101 e. The number of benzene rings is 1. The highest BCUT2D eigenvalue weighted by Crippen LogP contribution is 2.32. The van der Waals surface area contributed by atoms with E-state index in [0.29, 0.717) is 12.1 Å². The van der Waals surface area contributed by atoms with E-state index in [0.717, 1.165) is 24.3 Å². The van der Waals surface area contributed by atoms with E-state index in [2.05, 4.69) is 29.3 Å². The zero-order chi connectivity index (χ0) is 13.2. The van der Waals surface area contributed by atoms with Crippen LogP contribution in [-0.2, 0) is 0 Å². The maximum Gasteiger partial charge on any atom is 0.101 e. The maximum atomic E-state index is 9.33. The van der Waals surface area contributed by atoms with Crippen molar-refractivity contribution in [3.05, 3.63) is 29.3 Å². The molecular weight excluding hydrogens is 234 g/mol. The number of nitrogens with zero attached hydrogens (tertiary/aromatic N) is 2. The lowest BCUT2D eigenvalue weighted by Gasteiger charge is -2.32. The highest BCUT2D eigenvalue weighted by atomic mass is 15.2. The highest BCUT2D eigenvalue weighted by molar-refractivity contribution is 5.62. The van der Waals surface area contributed by atoms with E-state index >= 15 is 0 Å². The van der Waals surface area contributed by atoms with Crippen molar-refractivity contribution < 1.29 is 0 Å². The summed E-state index contributed by atoms with van der Waals surface area (Å²) in [5.74, 6) is 0. The first-order valence-electron chi connectivity index (χ1n) is 7.30. The van der Waals surface area contributed by atoms with Gasteiger partial charge in [0.15, 0.2) is 0 Å². The second-order valence-corrected chi connectivity index (χ2v) is 5.74. The summed E-state index contributed by atoms with van der Waals surface area (Å²) in [6.45, 7) is 4.33. The average Bonchev–Trinajstić information content (AvgIpc) is 3.09. The molecule has 2 aliphatic heterocycles. The lowest BCUT2D eigenvalue weighted by molar-refractivity contribution is 0.482. The Labute approximate surface area is 115 Å². The Morgan fingerprint density at radius 3 is 2.95 bits per heavy atom. The van der Waals surface area contributed by atoms with Gasteiger partial charge in [-0.25, -0.2) is 0 Å². The Hall–Kier alpha value is -1.53. The van der Waals surface area contributed by atoms with Crippen molar-refractivity contribution in [2.24, 2.45) is 0 Å². The van der Waals surface area contributed by atoms with Crippen molar-refractivity contribution in [2.75, 3.05) is 18.0 Å². The normalized spacial score (nSPS) is 26.6. The molecule has 100 valence electrons. The monoisotopic (exact) mass is 255 g/mol. The molecule has 1 aromatic carbocycles. The second kappa shape index (κ2) is 5.22.